The molecule has 5 heteroatoms. The van der Waals surface area contributed by atoms with Crippen molar-refractivity contribution in [3.05, 3.63) is 0 Å². The summed E-state index contributed by atoms with van der Waals surface area (Å²) in [5.41, 5.74) is 0. The SMILES string of the molecule is O=C(NC1CCN(C2CC2)CC1)N1CCOCC1. The molecule has 2 aliphatic heterocycles. The van der Waals surface area contributed by atoms with E-state index < -0.39 is 0 Å². The van der Waals surface area contributed by atoms with Crippen LogP contribution in [0.1, 0.15) is 25.7 Å². The zero-order valence-electron chi connectivity index (χ0n) is 10.9. The van der Waals surface area contributed by atoms with Crippen LogP contribution in [0.15, 0.2) is 0 Å². The summed E-state index contributed by atoms with van der Waals surface area (Å²) in [4.78, 5) is 16.5. The molecule has 0 spiro atoms. The van der Waals surface area contributed by atoms with Crippen LogP contribution in [0.25, 0.3) is 0 Å². The third-order valence-electron chi connectivity index (χ3n) is 4.22. The van der Waals surface area contributed by atoms with Crippen molar-refractivity contribution >= 4 is 6.03 Å². The van der Waals surface area contributed by atoms with E-state index in [0.29, 0.717) is 19.3 Å². The topological polar surface area (TPSA) is 44.8 Å². The Kier molecular flexibility index (Phi) is 3.70. The van der Waals surface area contributed by atoms with E-state index in [0.717, 1.165) is 45.1 Å². The number of urea groups is 1. The van der Waals surface area contributed by atoms with Gasteiger partial charge in [-0.2, -0.15) is 0 Å². The molecule has 0 aromatic rings. The lowest BCUT2D eigenvalue weighted by Crippen LogP contribution is -2.52. The number of hydrogen-bond donors (Lipinski definition) is 1. The third kappa shape index (κ3) is 2.95. The molecule has 1 N–H and O–H groups in total. The Balaban J connectivity index is 1.41. The molecular formula is C13H23N3O2. The number of morpholine rings is 1. The lowest BCUT2D eigenvalue weighted by atomic mass is 10.1. The highest BCUT2D eigenvalue weighted by Gasteiger charge is 2.32. The highest BCUT2D eigenvalue weighted by Crippen LogP contribution is 2.29. The summed E-state index contributed by atoms with van der Waals surface area (Å²) in [6.07, 6.45) is 4.97. The Labute approximate surface area is 108 Å². The number of carbonyl (C=O) groups excluding carboxylic acids is 1. The molecular weight excluding hydrogens is 230 g/mol. The number of hydrogen-bond acceptors (Lipinski definition) is 3. The monoisotopic (exact) mass is 253 g/mol. The fourth-order valence-corrected chi connectivity index (χ4v) is 2.88. The molecule has 0 radical (unpaired) electrons. The van der Waals surface area contributed by atoms with Crippen LogP contribution < -0.4 is 5.32 Å². The van der Waals surface area contributed by atoms with Crippen LogP contribution in [0.2, 0.25) is 0 Å². The maximum Gasteiger partial charge on any atom is 0.317 e. The van der Waals surface area contributed by atoms with Crippen molar-refractivity contribution in [2.24, 2.45) is 0 Å². The quantitative estimate of drug-likeness (QED) is 0.786. The largest absolute Gasteiger partial charge is 0.378 e. The van der Waals surface area contributed by atoms with Gasteiger partial charge in [-0.05, 0) is 25.7 Å². The van der Waals surface area contributed by atoms with Crippen molar-refractivity contribution in [1.29, 1.82) is 0 Å². The van der Waals surface area contributed by atoms with Crippen molar-refractivity contribution in [3.8, 4) is 0 Å². The summed E-state index contributed by atoms with van der Waals surface area (Å²) < 4.78 is 5.26. The lowest BCUT2D eigenvalue weighted by molar-refractivity contribution is 0.0516. The summed E-state index contributed by atoms with van der Waals surface area (Å²) in [5, 5.41) is 3.17. The van der Waals surface area contributed by atoms with E-state index in [1.807, 2.05) is 4.90 Å². The minimum absolute atomic E-state index is 0.100. The van der Waals surface area contributed by atoms with Gasteiger partial charge >= 0.3 is 6.03 Å². The van der Waals surface area contributed by atoms with Gasteiger partial charge in [-0.3, -0.25) is 0 Å². The first-order valence-electron chi connectivity index (χ1n) is 7.20. The van der Waals surface area contributed by atoms with Crippen molar-refractivity contribution in [3.63, 3.8) is 0 Å². The lowest BCUT2D eigenvalue weighted by Gasteiger charge is -2.34. The number of nitrogens with one attached hydrogen (secondary N) is 1. The van der Waals surface area contributed by atoms with E-state index >= 15 is 0 Å². The zero-order valence-corrected chi connectivity index (χ0v) is 10.9. The van der Waals surface area contributed by atoms with E-state index in [1.54, 1.807) is 0 Å². The van der Waals surface area contributed by atoms with Gasteiger partial charge in [0.15, 0.2) is 0 Å². The van der Waals surface area contributed by atoms with E-state index in [9.17, 15) is 4.79 Å². The molecule has 3 fully saturated rings. The first-order chi connectivity index (χ1) is 8.83. The number of nitrogens with zero attached hydrogens (tertiary/aromatic N) is 2. The number of carbonyl (C=O) groups is 1. The molecule has 0 aromatic carbocycles. The molecule has 0 aromatic heterocycles. The van der Waals surface area contributed by atoms with Crippen LogP contribution in [-0.4, -0.2) is 67.3 Å². The highest BCUT2D eigenvalue weighted by atomic mass is 16.5. The Bertz CT molecular complexity index is 293. The molecule has 2 saturated heterocycles. The second-order valence-corrected chi connectivity index (χ2v) is 5.59. The standard InChI is InChI=1S/C13H23N3O2/c17-13(16-7-9-18-10-8-16)14-11-3-5-15(6-4-11)12-1-2-12/h11-12H,1-10H2,(H,14,17). The molecule has 0 bridgehead atoms. The van der Waals surface area contributed by atoms with Gasteiger partial charge in [-0.25, -0.2) is 4.79 Å². The zero-order chi connectivity index (χ0) is 12.4. The second-order valence-electron chi connectivity index (χ2n) is 5.59. The Morgan fingerprint density at radius 1 is 1.00 bits per heavy atom. The number of ether oxygens (including phenoxy) is 1. The predicted octanol–water partition coefficient (Wildman–Crippen LogP) is 0.655. The highest BCUT2D eigenvalue weighted by molar-refractivity contribution is 5.74. The van der Waals surface area contributed by atoms with Gasteiger partial charge in [0.25, 0.3) is 0 Å². The number of rotatable bonds is 2. The number of amides is 2. The minimum atomic E-state index is 0.100. The van der Waals surface area contributed by atoms with Gasteiger partial charge in [0.05, 0.1) is 13.2 Å². The fourth-order valence-electron chi connectivity index (χ4n) is 2.88. The van der Waals surface area contributed by atoms with Crippen LogP contribution in [-0.2, 0) is 4.74 Å². The first-order valence-corrected chi connectivity index (χ1v) is 7.20. The molecule has 1 aliphatic carbocycles. The van der Waals surface area contributed by atoms with Crippen molar-refractivity contribution in [2.75, 3.05) is 39.4 Å². The molecule has 3 aliphatic rings. The molecule has 3 rings (SSSR count). The van der Waals surface area contributed by atoms with Crippen LogP contribution >= 0.6 is 0 Å². The summed E-state index contributed by atoms with van der Waals surface area (Å²) in [5.74, 6) is 0. The summed E-state index contributed by atoms with van der Waals surface area (Å²) in [6, 6.07) is 1.33. The van der Waals surface area contributed by atoms with E-state index in [-0.39, 0.29) is 6.03 Å². The third-order valence-corrected chi connectivity index (χ3v) is 4.22. The molecule has 102 valence electrons. The second kappa shape index (κ2) is 5.45. The smallest absolute Gasteiger partial charge is 0.317 e. The maximum absolute atomic E-state index is 12.0. The van der Waals surface area contributed by atoms with Gasteiger partial charge in [0, 0.05) is 38.3 Å². The van der Waals surface area contributed by atoms with E-state index in [2.05, 4.69) is 10.2 Å². The Morgan fingerprint density at radius 3 is 2.28 bits per heavy atom. The van der Waals surface area contributed by atoms with Crippen LogP contribution in [0.5, 0.6) is 0 Å². The van der Waals surface area contributed by atoms with Crippen molar-refractivity contribution in [1.82, 2.24) is 15.1 Å². The average molecular weight is 253 g/mol. The maximum atomic E-state index is 12.0. The number of likely N-dealkylation sites (tertiary alicyclic amines) is 1. The van der Waals surface area contributed by atoms with Gasteiger partial charge in [-0.15, -0.1) is 0 Å². The summed E-state index contributed by atoms with van der Waals surface area (Å²) in [7, 11) is 0. The fraction of sp³-hybridized carbons (Fsp3) is 0.923. The Morgan fingerprint density at radius 2 is 1.67 bits per heavy atom. The van der Waals surface area contributed by atoms with E-state index in [4.69, 9.17) is 4.74 Å². The minimum Gasteiger partial charge on any atom is -0.378 e. The predicted molar refractivity (Wildman–Crippen MR) is 68.5 cm³/mol. The van der Waals surface area contributed by atoms with E-state index in [1.165, 1.54) is 12.8 Å². The molecule has 2 heterocycles. The van der Waals surface area contributed by atoms with Gasteiger partial charge in [0.1, 0.15) is 0 Å². The molecule has 1 saturated carbocycles. The molecule has 2 amide bonds. The average Bonchev–Trinajstić information content (AvgIpc) is 3.25. The summed E-state index contributed by atoms with van der Waals surface area (Å²) >= 11 is 0. The van der Waals surface area contributed by atoms with Gasteiger partial charge in [-0.1, -0.05) is 0 Å². The van der Waals surface area contributed by atoms with Crippen molar-refractivity contribution in [2.45, 2.75) is 37.8 Å². The molecule has 18 heavy (non-hydrogen) atoms. The molecule has 0 unspecified atom stereocenters. The Hall–Kier alpha value is -0.810. The van der Waals surface area contributed by atoms with Gasteiger partial charge in [0.2, 0.25) is 0 Å². The first kappa shape index (κ1) is 12.2. The summed E-state index contributed by atoms with van der Waals surface area (Å²) in [6.45, 7) is 5.11. The van der Waals surface area contributed by atoms with Crippen molar-refractivity contribution < 1.29 is 9.53 Å². The van der Waals surface area contributed by atoms with Crippen LogP contribution in [0.3, 0.4) is 0 Å². The van der Waals surface area contributed by atoms with Crippen LogP contribution in [0, 0.1) is 0 Å². The van der Waals surface area contributed by atoms with Crippen LogP contribution in [0.4, 0.5) is 4.79 Å². The number of piperidine rings is 1. The normalized spacial score (nSPS) is 27.2. The van der Waals surface area contributed by atoms with Gasteiger partial charge < -0.3 is 19.9 Å². The molecule has 0 atom stereocenters. The molecule has 5 nitrogen and oxygen atoms in total.